The summed E-state index contributed by atoms with van der Waals surface area (Å²) in [6.07, 6.45) is 1.47. The van der Waals surface area contributed by atoms with Crippen molar-refractivity contribution in [1.29, 1.82) is 0 Å². The van der Waals surface area contributed by atoms with Gasteiger partial charge in [-0.15, -0.1) is 0 Å². The average molecular weight is 699 g/mol. The lowest BCUT2D eigenvalue weighted by atomic mass is 10.0. The number of anilines is 2. The number of likely N-dealkylation sites (N-methyl/N-ethyl adjacent to an activating group) is 1. The van der Waals surface area contributed by atoms with Crippen LogP contribution in [-0.4, -0.2) is 86.9 Å². The van der Waals surface area contributed by atoms with E-state index in [2.05, 4.69) is 10.0 Å². The number of nitrogens with zero attached hydrogens (tertiary/aromatic N) is 2. The van der Waals surface area contributed by atoms with Gasteiger partial charge in [-0.05, 0) is 94.6 Å². The fourth-order valence-electron chi connectivity index (χ4n) is 5.49. The predicted molar refractivity (Wildman–Crippen MR) is 187 cm³/mol. The molecule has 3 N–H and O–H groups in total. The Morgan fingerprint density at radius 2 is 1.73 bits per heavy atom. The molecule has 49 heavy (non-hydrogen) atoms. The van der Waals surface area contributed by atoms with Crippen LogP contribution in [0.5, 0.6) is 5.75 Å². The van der Waals surface area contributed by atoms with Gasteiger partial charge < -0.3 is 29.7 Å². The van der Waals surface area contributed by atoms with E-state index in [1.807, 2.05) is 20.8 Å². The molecular formula is C36H47FN4O7S. The van der Waals surface area contributed by atoms with E-state index in [0.717, 1.165) is 18.4 Å². The Bertz CT molecular complexity index is 1670. The van der Waals surface area contributed by atoms with Crippen molar-refractivity contribution < 1.29 is 37.0 Å². The van der Waals surface area contributed by atoms with E-state index in [1.165, 1.54) is 52.3 Å². The van der Waals surface area contributed by atoms with E-state index < -0.39 is 39.9 Å². The highest BCUT2D eigenvalue weighted by molar-refractivity contribution is 7.92. The highest BCUT2D eigenvalue weighted by Gasteiger charge is 2.31. The summed E-state index contributed by atoms with van der Waals surface area (Å²) in [7, 11) is -2.32. The van der Waals surface area contributed by atoms with Crippen molar-refractivity contribution in [3.63, 3.8) is 0 Å². The third-order valence-corrected chi connectivity index (χ3v) is 9.93. The van der Waals surface area contributed by atoms with Gasteiger partial charge in [-0.2, -0.15) is 0 Å². The van der Waals surface area contributed by atoms with Crippen molar-refractivity contribution in [2.45, 2.75) is 70.1 Å². The quantitative estimate of drug-likeness (QED) is 0.267. The number of carbonyl (C=O) groups excluding carboxylic acids is 2. The Hall–Kier alpha value is -4.20. The molecule has 0 unspecified atom stereocenters. The molecule has 1 heterocycles. The first-order valence-electron chi connectivity index (χ1n) is 16.5. The van der Waals surface area contributed by atoms with Crippen molar-refractivity contribution in [3.8, 4) is 5.75 Å². The molecule has 3 aromatic carbocycles. The molecule has 0 fully saturated rings. The number of nitrogens with one attached hydrogen (secondary N) is 2. The smallest absolute Gasteiger partial charge is 0.321 e. The Labute approximate surface area is 288 Å². The van der Waals surface area contributed by atoms with E-state index in [9.17, 15) is 27.5 Å². The molecule has 11 nitrogen and oxygen atoms in total. The number of ether oxygens (including phenoxy) is 2. The summed E-state index contributed by atoms with van der Waals surface area (Å²) in [6.45, 7) is 7.87. The zero-order valence-corrected chi connectivity index (χ0v) is 29.5. The first-order chi connectivity index (χ1) is 23.3. The number of urea groups is 1. The third kappa shape index (κ3) is 10.4. The molecular weight excluding hydrogens is 651 g/mol. The van der Waals surface area contributed by atoms with Gasteiger partial charge in [0.15, 0.2) is 0 Å². The molecule has 3 amide bonds. The summed E-state index contributed by atoms with van der Waals surface area (Å²) in [4.78, 5) is 30.5. The lowest BCUT2D eigenvalue weighted by molar-refractivity contribution is -0.0115. The molecule has 4 atom stereocenters. The number of halogens is 1. The molecule has 0 spiro atoms. The number of aliphatic hydroxyl groups is 1. The molecule has 0 saturated heterocycles. The maximum Gasteiger partial charge on any atom is 0.321 e. The van der Waals surface area contributed by atoms with Gasteiger partial charge in [-0.25, -0.2) is 17.6 Å². The molecule has 266 valence electrons. The van der Waals surface area contributed by atoms with Crippen LogP contribution in [0.15, 0.2) is 71.6 Å². The van der Waals surface area contributed by atoms with Gasteiger partial charge in [0.25, 0.3) is 15.9 Å². The molecule has 13 heteroatoms. The van der Waals surface area contributed by atoms with E-state index in [-0.39, 0.29) is 47.9 Å². The number of carbonyl (C=O) groups is 2. The Balaban J connectivity index is 1.62. The third-order valence-electron chi connectivity index (χ3n) is 8.53. The summed E-state index contributed by atoms with van der Waals surface area (Å²) in [5.74, 6) is -0.854. The molecule has 0 aromatic heterocycles. The maximum atomic E-state index is 14.4. The fraction of sp³-hybridized carbons (Fsp3) is 0.444. The van der Waals surface area contributed by atoms with Gasteiger partial charge in [0.05, 0.1) is 35.3 Å². The van der Waals surface area contributed by atoms with Crippen LogP contribution in [0.2, 0.25) is 0 Å². The largest absolute Gasteiger partial charge is 0.490 e. The van der Waals surface area contributed by atoms with Crippen molar-refractivity contribution in [3.05, 3.63) is 83.7 Å². The van der Waals surface area contributed by atoms with Crippen LogP contribution in [0.3, 0.4) is 0 Å². The first kappa shape index (κ1) is 37.6. The minimum absolute atomic E-state index is 0.0843. The standard InChI is InChI=1S/C36H47FN4O7S/c1-24-9-16-31(17-10-24)49(45,46)39-30-15-18-33-32(20-30)35(43)41(26(3)23-42)21-25(2)34(47-19-7-6-8-27(4)48-33)22-40(5)36(44)38-29-13-11-28(37)12-14-29/h9-18,20,25-27,34,39,42H,6-8,19,21-23H2,1-5H3,(H,38,44)/t25-,26+,27+,34+/m0/s1. The zero-order chi connectivity index (χ0) is 35.7. The summed E-state index contributed by atoms with van der Waals surface area (Å²) in [5.41, 5.74) is 1.70. The molecule has 4 rings (SSSR count). The first-order valence-corrected chi connectivity index (χ1v) is 18.0. The second kappa shape index (κ2) is 17.0. The van der Waals surface area contributed by atoms with Crippen LogP contribution < -0.4 is 14.8 Å². The van der Waals surface area contributed by atoms with Crippen molar-refractivity contribution in [1.82, 2.24) is 9.80 Å². The van der Waals surface area contributed by atoms with Gasteiger partial charge in [0.1, 0.15) is 11.6 Å². The van der Waals surface area contributed by atoms with Crippen LogP contribution in [0.4, 0.5) is 20.6 Å². The lowest BCUT2D eigenvalue weighted by Gasteiger charge is -2.35. The van der Waals surface area contributed by atoms with E-state index in [1.54, 1.807) is 38.2 Å². The number of benzene rings is 3. The number of aryl methyl sites for hydroxylation is 1. The summed E-state index contributed by atoms with van der Waals surface area (Å²) in [5, 5.41) is 13.0. The number of rotatable bonds is 8. The lowest BCUT2D eigenvalue weighted by Crippen LogP contribution is -2.48. The Morgan fingerprint density at radius 1 is 1.06 bits per heavy atom. The van der Waals surface area contributed by atoms with E-state index in [4.69, 9.17) is 9.47 Å². The number of hydrogen-bond donors (Lipinski definition) is 3. The summed E-state index contributed by atoms with van der Waals surface area (Å²) in [6, 6.07) is 15.5. The molecule has 0 bridgehead atoms. The SMILES string of the molecule is Cc1ccc(S(=O)(=O)Nc2ccc3c(c2)C(=O)N([C@H](C)CO)C[C@H](C)[C@@H](CN(C)C(=O)Nc2ccc(F)cc2)OCCCC[C@@H](C)O3)cc1. The van der Waals surface area contributed by atoms with Gasteiger partial charge in [-0.3, -0.25) is 9.52 Å². The van der Waals surface area contributed by atoms with Crippen LogP contribution in [0.1, 0.15) is 56.0 Å². The second-order valence-electron chi connectivity index (χ2n) is 12.7. The summed E-state index contributed by atoms with van der Waals surface area (Å²) >= 11 is 0. The maximum absolute atomic E-state index is 14.4. The van der Waals surface area contributed by atoms with Crippen molar-refractivity contribution in [2.75, 3.05) is 43.4 Å². The molecule has 0 saturated carbocycles. The molecule has 0 aliphatic carbocycles. The molecule has 1 aliphatic rings. The van der Waals surface area contributed by atoms with Gasteiger partial charge >= 0.3 is 6.03 Å². The van der Waals surface area contributed by atoms with E-state index >= 15 is 0 Å². The molecule has 0 radical (unpaired) electrons. The number of sulfonamides is 1. The number of fused-ring (bicyclic) bond motifs is 1. The van der Waals surface area contributed by atoms with Crippen LogP contribution >= 0.6 is 0 Å². The van der Waals surface area contributed by atoms with Gasteiger partial charge in [-0.1, -0.05) is 24.6 Å². The number of hydrogen-bond acceptors (Lipinski definition) is 7. The van der Waals surface area contributed by atoms with Crippen LogP contribution in [0, 0.1) is 18.7 Å². The molecule has 3 aromatic rings. The minimum atomic E-state index is -3.95. The fourth-order valence-corrected chi connectivity index (χ4v) is 6.53. The van der Waals surface area contributed by atoms with Gasteiger partial charge in [0.2, 0.25) is 0 Å². The van der Waals surface area contributed by atoms with E-state index in [0.29, 0.717) is 24.5 Å². The normalized spacial score (nSPS) is 19.9. The Morgan fingerprint density at radius 3 is 2.41 bits per heavy atom. The summed E-state index contributed by atoms with van der Waals surface area (Å²) < 4.78 is 54.9. The number of amides is 3. The molecule has 1 aliphatic heterocycles. The monoisotopic (exact) mass is 698 g/mol. The van der Waals surface area contributed by atoms with Crippen LogP contribution in [-0.2, 0) is 14.8 Å². The Kier molecular flexibility index (Phi) is 13.0. The van der Waals surface area contributed by atoms with Crippen molar-refractivity contribution >= 4 is 33.3 Å². The number of aliphatic hydroxyl groups excluding tert-OH is 1. The van der Waals surface area contributed by atoms with Crippen LogP contribution in [0.25, 0.3) is 0 Å². The predicted octanol–water partition coefficient (Wildman–Crippen LogP) is 5.89. The topological polar surface area (TPSA) is 138 Å². The minimum Gasteiger partial charge on any atom is -0.490 e. The zero-order valence-electron chi connectivity index (χ0n) is 28.7. The average Bonchev–Trinajstić information content (AvgIpc) is 3.07. The highest BCUT2D eigenvalue weighted by Crippen LogP contribution is 2.29. The highest BCUT2D eigenvalue weighted by atomic mass is 32.2. The van der Waals surface area contributed by atoms with Gasteiger partial charge in [0, 0.05) is 44.0 Å². The second-order valence-corrected chi connectivity index (χ2v) is 14.4. The van der Waals surface area contributed by atoms with Crippen molar-refractivity contribution in [2.24, 2.45) is 5.92 Å².